The van der Waals surface area contributed by atoms with Crippen LogP contribution in [0.5, 0.6) is 5.75 Å². The molecule has 0 aliphatic carbocycles. The summed E-state index contributed by atoms with van der Waals surface area (Å²) in [6.07, 6.45) is 1.77. The maximum Gasteiger partial charge on any atom is 0.191 e. The van der Waals surface area contributed by atoms with Gasteiger partial charge in [-0.25, -0.2) is 0 Å². The van der Waals surface area contributed by atoms with Gasteiger partial charge in [-0.2, -0.15) is 5.10 Å². The van der Waals surface area contributed by atoms with Crippen molar-refractivity contribution in [3.63, 3.8) is 0 Å². The lowest BCUT2D eigenvalue weighted by atomic mass is 10.3. The summed E-state index contributed by atoms with van der Waals surface area (Å²) >= 11 is 5.90. The minimum Gasteiger partial charge on any atom is -0.492 e. The first kappa shape index (κ1) is 19.6. The van der Waals surface area contributed by atoms with Gasteiger partial charge in [-0.1, -0.05) is 17.7 Å². The highest BCUT2D eigenvalue weighted by Crippen LogP contribution is 2.16. The third kappa shape index (κ3) is 6.66. The van der Waals surface area contributed by atoms with Gasteiger partial charge < -0.3 is 15.4 Å². The van der Waals surface area contributed by atoms with Crippen molar-refractivity contribution in [3.05, 3.63) is 47.2 Å². The quantitative estimate of drug-likeness (QED) is 0.308. The summed E-state index contributed by atoms with van der Waals surface area (Å²) in [5.74, 6) is 1.48. The van der Waals surface area contributed by atoms with E-state index in [0.717, 1.165) is 17.4 Å². The molecule has 1 aromatic heterocycles. The Kier molecular flexibility index (Phi) is 8.78. The van der Waals surface area contributed by atoms with E-state index >= 15 is 0 Å². The van der Waals surface area contributed by atoms with Crippen LogP contribution in [0, 0.1) is 0 Å². The molecule has 0 aliphatic heterocycles. The van der Waals surface area contributed by atoms with E-state index in [2.05, 4.69) is 20.7 Å². The van der Waals surface area contributed by atoms with Crippen LogP contribution in [0.25, 0.3) is 0 Å². The second-order valence-corrected chi connectivity index (χ2v) is 5.04. The third-order valence-electron chi connectivity index (χ3n) is 3.04. The molecule has 23 heavy (non-hydrogen) atoms. The number of rotatable bonds is 6. The predicted octanol–water partition coefficient (Wildman–Crippen LogP) is 2.44. The molecule has 0 saturated heterocycles. The van der Waals surface area contributed by atoms with Crippen molar-refractivity contribution in [2.75, 3.05) is 20.2 Å². The summed E-state index contributed by atoms with van der Waals surface area (Å²) in [4.78, 5) is 4.16. The number of nitrogens with one attached hydrogen (secondary N) is 2. The molecule has 126 valence electrons. The van der Waals surface area contributed by atoms with Gasteiger partial charge in [-0.05, 0) is 24.3 Å². The van der Waals surface area contributed by atoms with Crippen LogP contribution in [0.3, 0.4) is 0 Å². The van der Waals surface area contributed by atoms with Crippen molar-refractivity contribution < 1.29 is 4.74 Å². The highest BCUT2D eigenvalue weighted by atomic mass is 127. The number of aryl methyl sites for hydroxylation is 1. The highest BCUT2D eigenvalue weighted by Gasteiger charge is 2.01. The van der Waals surface area contributed by atoms with E-state index in [1.54, 1.807) is 19.3 Å². The molecule has 2 N–H and O–H groups in total. The molecule has 0 amide bonds. The lowest BCUT2D eigenvalue weighted by Gasteiger charge is -2.12. The molecule has 2 rings (SSSR count). The van der Waals surface area contributed by atoms with E-state index in [0.29, 0.717) is 24.7 Å². The fourth-order valence-corrected chi connectivity index (χ4v) is 2.05. The summed E-state index contributed by atoms with van der Waals surface area (Å²) in [5, 5.41) is 11.2. The monoisotopic (exact) mass is 449 g/mol. The summed E-state index contributed by atoms with van der Waals surface area (Å²) in [7, 11) is 3.64. The zero-order valence-corrected chi connectivity index (χ0v) is 16.2. The summed E-state index contributed by atoms with van der Waals surface area (Å²) in [6, 6.07) is 9.30. The zero-order chi connectivity index (χ0) is 15.8. The fourth-order valence-electron chi connectivity index (χ4n) is 1.86. The van der Waals surface area contributed by atoms with Crippen LogP contribution >= 0.6 is 35.6 Å². The van der Waals surface area contributed by atoms with Gasteiger partial charge in [0.2, 0.25) is 0 Å². The molecule has 0 saturated carbocycles. The molecule has 6 nitrogen and oxygen atoms in total. The lowest BCUT2D eigenvalue weighted by molar-refractivity contribution is 0.322. The van der Waals surface area contributed by atoms with Gasteiger partial charge >= 0.3 is 0 Å². The molecular weight excluding hydrogens is 429 g/mol. The molecule has 0 fully saturated rings. The van der Waals surface area contributed by atoms with Gasteiger partial charge in [0.1, 0.15) is 12.4 Å². The maximum atomic E-state index is 5.90. The Morgan fingerprint density at radius 3 is 2.83 bits per heavy atom. The third-order valence-corrected chi connectivity index (χ3v) is 3.28. The van der Waals surface area contributed by atoms with Crippen molar-refractivity contribution in [1.82, 2.24) is 20.4 Å². The number of aliphatic imine (C=N–C) groups is 1. The van der Waals surface area contributed by atoms with E-state index in [4.69, 9.17) is 16.3 Å². The van der Waals surface area contributed by atoms with Crippen LogP contribution in [-0.4, -0.2) is 35.9 Å². The molecule has 0 atom stereocenters. The molecule has 1 aromatic carbocycles. The summed E-state index contributed by atoms with van der Waals surface area (Å²) < 4.78 is 7.43. The normalized spacial score (nSPS) is 10.8. The fraction of sp³-hybridized carbons (Fsp3) is 0.333. The van der Waals surface area contributed by atoms with Crippen molar-refractivity contribution in [3.8, 4) is 5.75 Å². The highest BCUT2D eigenvalue weighted by molar-refractivity contribution is 14.0. The molecule has 0 spiro atoms. The summed E-state index contributed by atoms with van der Waals surface area (Å²) in [6.45, 7) is 1.82. The van der Waals surface area contributed by atoms with E-state index in [9.17, 15) is 0 Å². The van der Waals surface area contributed by atoms with Crippen LogP contribution < -0.4 is 15.4 Å². The number of ether oxygens (including phenoxy) is 1. The Balaban J connectivity index is 0.00000264. The summed E-state index contributed by atoms with van der Waals surface area (Å²) in [5.41, 5.74) is 1.08. The van der Waals surface area contributed by atoms with E-state index in [-0.39, 0.29) is 24.0 Å². The largest absolute Gasteiger partial charge is 0.492 e. The number of nitrogens with zero attached hydrogens (tertiary/aromatic N) is 3. The van der Waals surface area contributed by atoms with E-state index < -0.39 is 0 Å². The van der Waals surface area contributed by atoms with E-state index in [1.807, 2.05) is 36.0 Å². The molecule has 8 heteroatoms. The lowest BCUT2D eigenvalue weighted by Crippen LogP contribution is -2.39. The van der Waals surface area contributed by atoms with Crippen molar-refractivity contribution in [2.24, 2.45) is 12.0 Å². The number of aromatic nitrogens is 2. The Bertz CT molecular complexity index is 632. The van der Waals surface area contributed by atoms with Gasteiger partial charge in [0.25, 0.3) is 0 Å². The minimum absolute atomic E-state index is 0. The standard InChI is InChI=1S/C15H20ClN5O.HI/c1-17-15(19-11-13-6-7-20-21(13)2)18-8-9-22-14-5-3-4-12(16)10-14;/h3-7,10H,8-9,11H2,1-2H3,(H2,17,18,19);1H. The smallest absolute Gasteiger partial charge is 0.191 e. The Labute approximate surface area is 158 Å². The van der Waals surface area contributed by atoms with Crippen LogP contribution in [0.1, 0.15) is 5.69 Å². The number of guanidine groups is 1. The number of hydrogen-bond donors (Lipinski definition) is 2. The van der Waals surface area contributed by atoms with Gasteiger partial charge in [0.15, 0.2) is 5.96 Å². The molecule has 0 unspecified atom stereocenters. The molecule has 0 aliphatic rings. The maximum absolute atomic E-state index is 5.90. The molecule has 0 bridgehead atoms. The van der Waals surface area contributed by atoms with Crippen molar-refractivity contribution >= 4 is 41.5 Å². The number of hydrogen-bond acceptors (Lipinski definition) is 3. The Morgan fingerprint density at radius 1 is 1.35 bits per heavy atom. The van der Waals surface area contributed by atoms with Crippen LogP contribution in [0.4, 0.5) is 0 Å². The van der Waals surface area contributed by atoms with Crippen LogP contribution in [0.15, 0.2) is 41.5 Å². The first-order chi connectivity index (χ1) is 10.7. The van der Waals surface area contributed by atoms with Crippen molar-refractivity contribution in [2.45, 2.75) is 6.54 Å². The van der Waals surface area contributed by atoms with E-state index in [1.165, 1.54) is 0 Å². The molecule has 2 aromatic rings. The second kappa shape index (κ2) is 10.3. The van der Waals surface area contributed by atoms with Gasteiger partial charge in [0, 0.05) is 25.3 Å². The minimum atomic E-state index is 0. The predicted molar refractivity (Wildman–Crippen MR) is 104 cm³/mol. The van der Waals surface area contributed by atoms with Gasteiger partial charge in [-0.15, -0.1) is 24.0 Å². The SMILES string of the molecule is CN=C(NCCOc1cccc(Cl)c1)NCc1ccnn1C.I. The van der Waals surface area contributed by atoms with Crippen molar-refractivity contribution in [1.29, 1.82) is 0 Å². The number of benzene rings is 1. The van der Waals surface area contributed by atoms with Crippen LogP contribution in [-0.2, 0) is 13.6 Å². The van der Waals surface area contributed by atoms with Gasteiger partial charge in [-0.3, -0.25) is 9.67 Å². The molecule has 0 radical (unpaired) electrons. The Morgan fingerprint density at radius 2 is 2.17 bits per heavy atom. The zero-order valence-electron chi connectivity index (χ0n) is 13.1. The van der Waals surface area contributed by atoms with Gasteiger partial charge in [0.05, 0.1) is 18.8 Å². The second-order valence-electron chi connectivity index (χ2n) is 4.60. The first-order valence-electron chi connectivity index (χ1n) is 6.99. The average Bonchev–Trinajstić information content (AvgIpc) is 2.92. The molecular formula is C15H21ClIN5O. The molecule has 1 heterocycles. The first-order valence-corrected chi connectivity index (χ1v) is 7.36. The number of halogens is 2. The topological polar surface area (TPSA) is 63.5 Å². The Hall–Kier alpha value is -1.48. The van der Waals surface area contributed by atoms with Crippen LogP contribution in [0.2, 0.25) is 5.02 Å². The average molecular weight is 450 g/mol.